The molecule has 1 unspecified atom stereocenters. The zero-order chi connectivity index (χ0) is 23.7. The number of nitrogens with zero attached hydrogens (tertiary/aromatic N) is 2. The average Bonchev–Trinajstić information content (AvgIpc) is 3.38. The Bertz CT molecular complexity index is 1300. The average molecular weight is 496 g/mol. The predicted octanol–water partition coefficient (Wildman–Crippen LogP) is 5.97. The number of para-hydroxylation sites is 1. The smallest absolute Gasteiger partial charge is 0.210 e. The van der Waals surface area contributed by atoms with Crippen LogP contribution in [0.15, 0.2) is 75.6 Å². The molecule has 1 atom stereocenters. The van der Waals surface area contributed by atoms with Gasteiger partial charge in [0, 0.05) is 43.5 Å². The number of nitrogens with one attached hydrogen (secondary N) is 1. The van der Waals surface area contributed by atoms with Gasteiger partial charge in [0.2, 0.25) is 9.84 Å². The zero-order valence-electron chi connectivity index (χ0n) is 19.4. The van der Waals surface area contributed by atoms with Crippen molar-refractivity contribution >= 4 is 37.7 Å². The second-order valence-corrected chi connectivity index (χ2v) is 11.6. The third kappa shape index (κ3) is 4.26. The molecular formula is C26H29N3O3S2. The summed E-state index contributed by atoms with van der Waals surface area (Å²) in [6.07, 6.45) is 6.95. The van der Waals surface area contributed by atoms with Crippen molar-refractivity contribution in [3.8, 4) is 0 Å². The van der Waals surface area contributed by atoms with Gasteiger partial charge in [0.1, 0.15) is 0 Å². The fourth-order valence-electron chi connectivity index (χ4n) is 4.98. The highest BCUT2D eigenvalue weighted by molar-refractivity contribution is 7.92. The molecule has 6 nitrogen and oxygen atoms in total. The minimum atomic E-state index is -3.57. The molecule has 0 bridgehead atoms. The summed E-state index contributed by atoms with van der Waals surface area (Å²) in [5, 5.41) is 6.34. The van der Waals surface area contributed by atoms with E-state index >= 15 is 0 Å². The molecule has 34 heavy (non-hydrogen) atoms. The van der Waals surface area contributed by atoms with Gasteiger partial charge in [-0.1, -0.05) is 24.3 Å². The van der Waals surface area contributed by atoms with E-state index in [2.05, 4.69) is 22.4 Å². The molecule has 3 aromatic rings. The topological polar surface area (TPSA) is 71.5 Å². The number of ether oxygens (including phenoxy) is 1. The van der Waals surface area contributed by atoms with Crippen LogP contribution in [0.3, 0.4) is 0 Å². The van der Waals surface area contributed by atoms with Crippen molar-refractivity contribution in [2.24, 2.45) is 5.92 Å². The Kier molecular flexibility index (Phi) is 6.46. The number of sulfone groups is 1. The highest BCUT2D eigenvalue weighted by Crippen LogP contribution is 2.45. The Balaban J connectivity index is 1.56. The van der Waals surface area contributed by atoms with Crippen molar-refractivity contribution in [1.29, 1.82) is 0 Å². The number of fused-ring (bicyclic) bond motifs is 2. The Hall–Kier alpha value is -2.68. The van der Waals surface area contributed by atoms with Gasteiger partial charge in [0.25, 0.3) is 0 Å². The highest BCUT2D eigenvalue weighted by Gasteiger charge is 2.33. The number of aromatic nitrogens is 1. The Morgan fingerprint density at radius 2 is 1.97 bits per heavy atom. The molecule has 178 valence electrons. The SMILES string of the molecule is C/C=C(\Nc1nccs1)C(CC1CCOCC1)c1ccc2c(c1)N(C)c1ccccc1S2(=O)=O. The monoisotopic (exact) mass is 495 g/mol. The first-order valence-corrected chi connectivity index (χ1v) is 14.0. The maximum Gasteiger partial charge on any atom is 0.210 e. The fourth-order valence-corrected chi connectivity index (χ4v) is 7.22. The Morgan fingerprint density at radius 1 is 1.21 bits per heavy atom. The van der Waals surface area contributed by atoms with Crippen LogP contribution in [-0.4, -0.2) is 33.7 Å². The number of benzene rings is 2. The van der Waals surface area contributed by atoms with Crippen LogP contribution in [0.5, 0.6) is 0 Å². The van der Waals surface area contributed by atoms with Crippen LogP contribution in [0.2, 0.25) is 0 Å². The number of thiazole rings is 1. The summed E-state index contributed by atoms with van der Waals surface area (Å²) >= 11 is 1.57. The second kappa shape index (κ2) is 9.52. The van der Waals surface area contributed by atoms with E-state index in [1.54, 1.807) is 35.7 Å². The molecule has 1 fully saturated rings. The van der Waals surface area contributed by atoms with Crippen molar-refractivity contribution in [2.45, 2.75) is 41.9 Å². The van der Waals surface area contributed by atoms with Gasteiger partial charge in [-0.3, -0.25) is 0 Å². The quantitative estimate of drug-likeness (QED) is 0.454. The van der Waals surface area contributed by atoms with Crippen LogP contribution >= 0.6 is 11.3 Å². The molecule has 1 saturated heterocycles. The van der Waals surface area contributed by atoms with Crippen LogP contribution in [0.25, 0.3) is 0 Å². The van der Waals surface area contributed by atoms with Crippen molar-refractivity contribution in [3.05, 3.63) is 71.4 Å². The van der Waals surface area contributed by atoms with Crippen LogP contribution < -0.4 is 10.2 Å². The van der Waals surface area contributed by atoms with Crippen LogP contribution in [0.4, 0.5) is 16.5 Å². The van der Waals surface area contributed by atoms with Gasteiger partial charge in [-0.15, -0.1) is 11.3 Å². The van der Waals surface area contributed by atoms with Gasteiger partial charge < -0.3 is 15.0 Å². The maximum atomic E-state index is 13.4. The molecule has 0 radical (unpaired) electrons. The summed E-state index contributed by atoms with van der Waals surface area (Å²) < 4.78 is 32.3. The third-order valence-corrected chi connectivity index (χ3v) is 9.37. The molecule has 2 aliphatic heterocycles. The molecule has 1 N–H and O–H groups in total. The molecule has 5 rings (SSSR count). The van der Waals surface area contributed by atoms with Crippen LogP contribution in [0.1, 0.15) is 37.7 Å². The lowest BCUT2D eigenvalue weighted by Gasteiger charge is -2.32. The number of hydrogen-bond acceptors (Lipinski definition) is 7. The van der Waals surface area contributed by atoms with Crippen molar-refractivity contribution in [3.63, 3.8) is 0 Å². The first-order chi connectivity index (χ1) is 16.5. The summed E-state index contributed by atoms with van der Waals surface area (Å²) in [6, 6.07) is 13.0. The molecule has 8 heteroatoms. The molecular weight excluding hydrogens is 466 g/mol. The summed E-state index contributed by atoms with van der Waals surface area (Å²) in [5.74, 6) is 0.639. The summed E-state index contributed by atoms with van der Waals surface area (Å²) in [5.41, 5.74) is 3.62. The minimum absolute atomic E-state index is 0.0931. The highest BCUT2D eigenvalue weighted by atomic mass is 32.2. The van der Waals surface area contributed by atoms with Crippen LogP contribution in [-0.2, 0) is 14.6 Å². The zero-order valence-corrected chi connectivity index (χ0v) is 21.0. The maximum absolute atomic E-state index is 13.4. The molecule has 2 aliphatic rings. The second-order valence-electron chi connectivity index (χ2n) is 8.81. The van der Waals surface area contributed by atoms with Gasteiger partial charge in [0.05, 0.1) is 21.2 Å². The van der Waals surface area contributed by atoms with E-state index in [0.29, 0.717) is 21.4 Å². The molecule has 3 heterocycles. The molecule has 1 aromatic heterocycles. The summed E-state index contributed by atoms with van der Waals surface area (Å²) in [4.78, 5) is 7.12. The van der Waals surface area contributed by atoms with E-state index in [0.717, 1.165) is 54.6 Å². The standard InChI is InChI=1S/C26H29N3O3S2/c1-3-21(28-26-27-12-15-33-26)20(16-18-10-13-32-14-11-18)19-8-9-25-23(17-19)29(2)22-6-4-5-7-24(22)34(25,30)31/h3-9,12,15,17-18,20H,10-11,13-14,16H2,1-2H3,(H,27,28)/b21-3-. The van der Waals surface area contributed by atoms with Gasteiger partial charge in [0.15, 0.2) is 5.13 Å². The van der Waals surface area contributed by atoms with E-state index in [4.69, 9.17) is 4.74 Å². The van der Waals surface area contributed by atoms with E-state index in [-0.39, 0.29) is 5.92 Å². The van der Waals surface area contributed by atoms with Crippen LogP contribution in [0, 0.1) is 5.92 Å². The lowest BCUT2D eigenvalue weighted by molar-refractivity contribution is 0.0626. The van der Waals surface area contributed by atoms with E-state index in [9.17, 15) is 8.42 Å². The normalized spacial score (nSPS) is 18.8. The largest absolute Gasteiger partial charge is 0.381 e. The predicted molar refractivity (Wildman–Crippen MR) is 137 cm³/mol. The number of allylic oxidation sites excluding steroid dienone is 2. The van der Waals surface area contributed by atoms with Gasteiger partial charge in [-0.25, -0.2) is 13.4 Å². The first-order valence-electron chi connectivity index (χ1n) is 11.6. The minimum Gasteiger partial charge on any atom is -0.381 e. The summed E-state index contributed by atoms with van der Waals surface area (Å²) in [6.45, 7) is 3.63. The van der Waals surface area contributed by atoms with Crippen molar-refractivity contribution < 1.29 is 13.2 Å². The number of hydrogen-bond donors (Lipinski definition) is 1. The molecule has 2 aromatic carbocycles. The number of anilines is 3. The van der Waals surface area contributed by atoms with Gasteiger partial charge >= 0.3 is 0 Å². The van der Waals surface area contributed by atoms with E-state index in [1.165, 1.54) is 0 Å². The molecule has 0 spiro atoms. The Labute approximate surface area is 205 Å². The van der Waals surface area contributed by atoms with E-state index < -0.39 is 9.84 Å². The first kappa shape index (κ1) is 23.1. The molecule has 0 saturated carbocycles. The summed E-state index contributed by atoms with van der Waals surface area (Å²) in [7, 11) is -1.63. The van der Waals surface area contributed by atoms with Gasteiger partial charge in [-0.05, 0) is 61.9 Å². The number of rotatable bonds is 6. The van der Waals surface area contributed by atoms with Crippen molar-refractivity contribution in [1.82, 2.24) is 4.98 Å². The lowest BCUT2D eigenvalue weighted by atomic mass is 9.83. The Morgan fingerprint density at radius 3 is 2.71 bits per heavy atom. The van der Waals surface area contributed by atoms with Gasteiger partial charge in [-0.2, -0.15) is 0 Å². The molecule has 0 aliphatic carbocycles. The van der Waals surface area contributed by atoms with Crippen molar-refractivity contribution in [2.75, 3.05) is 30.5 Å². The molecule has 0 amide bonds. The lowest BCUT2D eigenvalue weighted by Crippen LogP contribution is -2.24. The fraction of sp³-hybridized carbons (Fsp3) is 0.346. The third-order valence-electron chi connectivity index (χ3n) is 6.83. The van der Waals surface area contributed by atoms with E-state index in [1.807, 2.05) is 42.5 Å².